The summed E-state index contributed by atoms with van der Waals surface area (Å²) in [5.41, 5.74) is 1.34. The normalized spacial score (nSPS) is 19.3. The number of hydrogen-bond donors (Lipinski definition) is 1. The summed E-state index contributed by atoms with van der Waals surface area (Å²) in [5, 5.41) is 7.72. The van der Waals surface area contributed by atoms with E-state index in [4.69, 9.17) is 9.47 Å². The Hall–Kier alpha value is -3.23. The molecule has 14 heteroatoms. The zero-order chi connectivity index (χ0) is 32.1. The molecule has 44 heavy (non-hydrogen) atoms. The fourth-order valence-electron chi connectivity index (χ4n) is 5.84. The standard InChI is InChI=1S/C30H35F3N4O5S2/c1-28(2,3)42-27(38)37-12-10-18(11-13-37)23-14-19(30(31,32)33)6-8-21(23)24-16-29(4,5)41-25-15-20(7-9-22(24)25)44(39,40)36-26-35-34-17-43-26/h6-9,14-15,17-18,24H,10-13,16H2,1-5H3,(H,35,36)/p+1. The number of carbonyl (C=O) groups excluding carboxylic acids is 1. The molecule has 1 unspecified atom stereocenters. The highest BCUT2D eigenvalue weighted by Gasteiger charge is 2.40. The Bertz CT molecular complexity index is 1630. The number of alkyl halides is 3. The third-order valence-corrected chi connectivity index (χ3v) is 10.0. The van der Waals surface area contributed by atoms with Crippen molar-refractivity contribution in [1.82, 2.24) is 15.1 Å². The number of primary sulfonamides is 1. The maximum Gasteiger partial charge on any atom is 0.416 e. The van der Waals surface area contributed by atoms with Gasteiger partial charge in [0.05, 0.1) is 5.56 Å². The average molecular weight is 654 g/mol. The van der Waals surface area contributed by atoms with Gasteiger partial charge in [0.25, 0.3) is 0 Å². The lowest BCUT2D eigenvalue weighted by atomic mass is 9.75. The summed E-state index contributed by atoms with van der Waals surface area (Å²) in [6.45, 7) is 9.83. The molecule has 3 heterocycles. The molecule has 2 N–H and O–H groups in total. The predicted octanol–water partition coefficient (Wildman–Crippen LogP) is 5.95. The summed E-state index contributed by atoms with van der Waals surface area (Å²) in [5.74, 6) is -0.205. The lowest BCUT2D eigenvalue weighted by molar-refractivity contribution is -0.397. The number of rotatable bonds is 5. The number of benzene rings is 2. The van der Waals surface area contributed by atoms with Crippen LogP contribution < -0.4 is 9.46 Å². The summed E-state index contributed by atoms with van der Waals surface area (Å²) < 4.78 is 80.8. The molecule has 2 aliphatic rings. The van der Waals surface area contributed by atoms with Crippen molar-refractivity contribution in [2.45, 2.75) is 88.0 Å². The summed E-state index contributed by atoms with van der Waals surface area (Å²) in [6.07, 6.45) is -3.53. The molecular weight excluding hydrogens is 617 g/mol. The molecule has 1 amide bonds. The molecule has 1 saturated heterocycles. The molecule has 5 rings (SSSR count). The number of nitrogens with two attached hydrogens (primary N) is 1. The summed E-state index contributed by atoms with van der Waals surface area (Å²) in [7, 11) is -3.87. The van der Waals surface area contributed by atoms with Crippen LogP contribution in [0.15, 0.2) is 46.8 Å². The van der Waals surface area contributed by atoms with Gasteiger partial charge in [0.2, 0.25) is 0 Å². The van der Waals surface area contributed by atoms with Crippen LogP contribution in [0.1, 0.15) is 88.0 Å². The maximum atomic E-state index is 13.9. The lowest BCUT2D eigenvalue weighted by Gasteiger charge is -2.40. The van der Waals surface area contributed by atoms with Crippen LogP contribution in [0, 0.1) is 0 Å². The number of piperidine rings is 1. The van der Waals surface area contributed by atoms with Crippen LogP contribution in [0.5, 0.6) is 5.75 Å². The molecule has 0 aliphatic carbocycles. The van der Waals surface area contributed by atoms with Gasteiger partial charge in [0, 0.05) is 30.6 Å². The third kappa shape index (κ3) is 7.18. The fraction of sp³-hybridized carbons (Fsp3) is 0.500. The molecule has 0 radical (unpaired) electrons. The molecule has 3 aromatic rings. The van der Waals surface area contributed by atoms with E-state index in [1.165, 1.54) is 23.7 Å². The van der Waals surface area contributed by atoms with Crippen molar-refractivity contribution in [2.75, 3.05) is 13.1 Å². The highest BCUT2D eigenvalue weighted by Crippen LogP contribution is 2.48. The minimum atomic E-state index is -4.52. The van der Waals surface area contributed by atoms with E-state index in [1.807, 2.05) is 13.8 Å². The monoisotopic (exact) mass is 653 g/mol. The van der Waals surface area contributed by atoms with Gasteiger partial charge in [-0.3, -0.25) is 0 Å². The summed E-state index contributed by atoms with van der Waals surface area (Å²) in [6, 6.07) is 8.53. The van der Waals surface area contributed by atoms with Crippen LogP contribution in [0.3, 0.4) is 0 Å². The first-order chi connectivity index (χ1) is 20.4. The van der Waals surface area contributed by atoms with E-state index in [1.54, 1.807) is 37.8 Å². The molecule has 2 aliphatic heterocycles. The molecule has 1 aromatic heterocycles. The predicted molar refractivity (Wildman–Crippen MR) is 158 cm³/mol. The van der Waals surface area contributed by atoms with Crippen LogP contribution in [0.2, 0.25) is 0 Å². The Morgan fingerprint density at radius 1 is 1.07 bits per heavy atom. The van der Waals surface area contributed by atoms with E-state index in [-0.39, 0.29) is 21.9 Å². The van der Waals surface area contributed by atoms with Gasteiger partial charge in [0.15, 0.2) is 0 Å². The SMILES string of the molecule is CC(C)(C)OC(=O)N1CCC(c2cc(C(F)(F)F)ccc2C2CC(C)(C)Oc3cc(S(=O)(=O)[NH2+]c4nncs4)ccc32)CC1. The molecular formula is C30H36F3N4O5S2+. The van der Waals surface area contributed by atoms with Gasteiger partial charge in [-0.05, 0) is 100 Å². The van der Waals surface area contributed by atoms with Gasteiger partial charge in [-0.15, -0.1) is 5.10 Å². The van der Waals surface area contributed by atoms with E-state index in [9.17, 15) is 26.4 Å². The van der Waals surface area contributed by atoms with Crippen LogP contribution in [-0.4, -0.2) is 53.9 Å². The second-order valence-electron chi connectivity index (χ2n) is 12.8. The number of sulfonamides is 1. The number of fused-ring (bicyclic) bond motifs is 1. The first-order valence-electron chi connectivity index (χ1n) is 14.3. The van der Waals surface area contributed by atoms with Gasteiger partial charge < -0.3 is 14.4 Å². The van der Waals surface area contributed by atoms with Crippen molar-refractivity contribution >= 4 is 32.6 Å². The van der Waals surface area contributed by atoms with Gasteiger partial charge in [-0.25, -0.2) is 4.79 Å². The Morgan fingerprint density at radius 2 is 1.75 bits per heavy atom. The average Bonchev–Trinajstić information content (AvgIpc) is 3.42. The highest BCUT2D eigenvalue weighted by atomic mass is 32.2. The Kier molecular flexibility index (Phi) is 8.49. The molecule has 0 bridgehead atoms. The molecule has 1 atom stereocenters. The highest BCUT2D eigenvalue weighted by molar-refractivity contribution is 7.85. The zero-order valence-electron chi connectivity index (χ0n) is 25.1. The Labute approximate surface area is 258 Å². The number of halogens is 3. The van der Waals surface area contributed by atoms with Gasteiger partial charge in [0.1, 0.15) is 27.4 Å². The minimum absolute atomic E-state index is 0.0186. The second kappa shape index (κ2) is 11.6. The topological polar surface area (TPSA) is 115 Å². The Balaban J connectivity index is 1.50. The third-order valence-electron chi connectivity index (χ3n) is 7.78. The quantitative estimate of drug-likeness (QED) is 0.362. The summed E-state index contributed by atoms with van der Waals surface area (Å²) >= 11 is 1.10. The second-order valence-corrected chi connectivity index (χ2v) is 15.5. The van der Waals surface area contributed by atoms with Crippen molar-refractivity contribution in [3.63, 3.8) is 0 Å². The van der Waals surface area contributed by atoms with E-state index < -0.39 is 39.1 Å². The first-order valence-corrected chi connectivity index (χ1v) is 16.7. The van der Waals surface area contributed by atoms with Crippen LogP contribution >= 0.6 is 11.3 Å². The number of nitrogens with zero attached hydrogens (tertiary/aromatic N) is 3. The van der Waals surface area contributed by atoms with Crippen LogP contribution in [-0.2, 0) is 20.9 Å². The minimum Gasteiger partial charge on any atom is -0.487 e. The Morgan fingerprint density at radius 3 is 2.36 bits per heavy atom. The van der Waals surface area contributed by atoms with Gasteiger partial charge >= 0.3 is 27.4 Å². The van der Waals surface area contributed by atoms with E-state index in [2.05, 4.69) is 10.2 Å². The van der Waals surface area contributed by atoms with Crippen LogP contribution in [0.25, 0.3) is 0 Å². The fourth-order valence-corrected chi connectivity index (χ4v) is 7.72. The van der Waals surface area contributed by atoms with Crippen molar-refractivity contribution in [1.29, 1.82) is 0 Å². The zero-order valence-corrected chi connectivity index (χ0v) is 26.8. The van der Waals surface area contributed by atoms with E-state index in [0.29, 0.717) is 49.2 Å². The number of amides is 1. The van der Waals surface area contributed by atoms with E-state index >= 15 is 0 Å². The molecule has 2 aromatic carbocycles. The first kappa shape index (κ1) is 32.2. The largest absolute Gasteiger partial charge is 0.487 e. The number of ether oxygens (including phenoxy) is 2. The molecule has 9 nitrogen and oxygen atoms in total. The molecule has 1 fully saturated rings. The molecule has 0 spiro atoms. The molecule has 0 saturated carbocycles. The number of carbonyl (C=O) groups is 1. The van der Waals surface area contributed by atoms with Gasteiger partial charge in [-0.2, -0.15) is 26.3 Å². The maximum absolute atomic E-state index is 13.9. The number of hydrogen-bond acceptors (Lipinski definition) is 8. The summed E-state index contributed by atoms with van der Waals surface area (Å²) in [4.78, 5) is 14.3. The number of quaternary nitrogens is 1. The van der Waals surface area contributed by atoms with Crippen molar-refractivity contribution in [3.8, 4) is 5.75 Å². The number of likely N-dealkylation sites (tertiary alicyclic amines) is 1. The van der Waals surface area contributed by atoms with Crippen molar-refractivity contribution in [3.05, 3.63) is 64.2 Å². The smallest absolute Gasteiger partial charge is 0.416 e. The van der Waals surface area contributed by atoms with Crippen molar-refractivity contribution in [2.24, 2.45) is 0 Å². The molecule has 238 valence electrons. The van der Waals surface area contributed by atoms with Crippen LogP contribution in [0.4, 0.5) is 23.1 Å². The number of aromatic nitrogens is 2. The lowest BCUT2D eigenvalue weighted by Crippen LogP contribution is -2.81. The van der Waals surface area contributed by atoms with E-state index in [0.717, 1.165) is 27.7 Å². The van der Waals surface area contributed by atoms with Crippen molar-refractivity contribution < 1.29 is 40.6 Å². The van der Waals surface area contributed by atoms with Gasteiger partial charge in [-0.1, -0.05) is 17.2 Å².